The predicted molar refractivity (Wildman–Crippen MR) is 84.6 cm³/mol. The molecule has 0 N–H and O–H groups in total. The number of nitrogens with zero attached hydrogens (tertiary/aromatic N) is 3. The van der Waals surface area contributed by atoms with E-state index in [1.165, 1.54) is 16.9 Å². The molecule has 0 saturated carbocycles. The van der Waals surface area contributed by atoms with Crippen LogP contribution in [-0.4, -0.2) is 47.4 Å². The van der Waals surface area contributed by atoms with Crippen LogP contribution in [0.4, 0.5) is 0 Å². The smallest absolute Gasteiger partial charge is 0.266 e. The summed E-state index contributed by atoms with van der Waals surface area (Å²) in [7, 11) is 2.11. The molecule has 0 spiro atoms. The van der Waals surface area contributed by atoms with Gasteiger partial charge in [0.1, 0.15) is 4.88 Å². The second-order valence-electron chi connectivity index (χ2n) is 5.45. The summed E-state index contributed by atoms with van der Waals surface area (Å²) in [5.74, 6) is 0.108. The average molecular weight is 301 g/mol. The van der Waals surface area contributed by atoms with E-state index in [9.17, 15) is 4.79 Å². The van der Waals surface area contributed by atoms with Gasteiger partial charge in [0, 0.05) is 19.6 Å². The lowest BCUT2D eigenvalue weighted by Gasteiger charge is -2.40. The van der Waals surface area contributed by atoms with Crippen LogP contribution in [0.2, 0.25) is 0 Å². The van der Waals surface area contributed by atoms with Crippen molar-refractivity contribution in [3.05, 3.63) is 52.0 Å². The summed E-state index contributed by atoms with van der Waals surface area (Å²) in [6.07, 6.45) is 0. The van der Waals surface area contributed by atoms with Crippen molar-refractivity contribution < 1.29 is 4.79 Å². The van der Waals surface area contributed by atoms with E-state index in [-0.39, 0.29) is 11.9 Å². The Bertz CT molecular complexity index is 625. The minimum Gasteiger partial charge on any atom is -0.328 e. The minimum atomic E-state index is 0.108. The lowest BCUT2D eigenvalue weighted by atomic mass is 10.0. The van der Waals surface area contributed by atoms with Gasteiger partial charge in [-0.2, -0.15) is 0 Å². The average Bonchev–Trinajstić information content (AvgIpc) is 2.93. The molecule has 1 aromatic heterocycles. The first-order valence-electron chi connectivity index (χ1n) is 7.11. The summed E-state index contributed by atoms with van der Waals surface area (Å²) < 4.78 is 0. The van der Waals surface area contributed by atoms with E-state index in [1.54, 1.807) is 5.51 Å². The largest absolute Gasteiger partial charge is 0.328 e. The van der Waals surface area contributed by atoms with Crippen molar-refractivity contribution in [1.29, 1.82) is 0 Å². The zero-order valence-electron chi connectivity index (χ0n) is 12.3. The topological polar surface area (TPSA) is 36.4 Å². The molecule has 0 bridgehead atoms. The fourth-order valence-electron chi connectivity index (χ4n) is 2.76. The number of piperazine rings is 1. The molecule has 5 heteroatoms. The van der Waals surface area contributed by atoms with Crippen LogP contribution < -0.4 is 0 Å². The molecule has 1 aliphatic heterocycles. The van der Waals surface area contributed by atoms with Gasteiger partial charge < -0.3 is 9.80 Å². The maximum Gasteiger partial charge on any atom is 0.266 e. The molecule has 2 aromatic rings. The van der Waals surface area contributed by atoms with Gasteiger partial charge in [0.15, 0.2) is 0 Å². The highest BCUT2D eigenvalue weighted by atomic mass is 32.1. The number of rotatable bonds is 2. The molecule has 3 rings (SSSR count). The summed E-state index contributed by atoms with van der Waals surface area (Å²) in [6.45, 7) is 4.43. The SMILES string of the molecule is Cc1ncsc1C(=O)N1CCN(C)C[C@@H]1c1ccccc1. The van der Waals surface area contributed by atoms with Crippen molar-refractivity contribution in [2.45, 2.75) is 13.0 Å². The molecule has 1 atom stereocenters. The highest BCUT2D eigenvalue weighted by Crippen LogP contribution is 2.28. The molecule has 1 amide bonds. The Balaban J connectivity index is 1.91. The highest BCUT2D eigenvalue weighted by Gasteiger charge is 2.32. The van der Waals surface area contributed by atoms with Crippen molar-refractivity contribution in [1.82, 2.24) is 14.8 Å². The fraction of sp³-hybridized carbons (Fsp3) is 0.375. The fourth-order valence-corrected chi connectivity index (χ4v) is 3.52. The van der Waals surface area contributed by atoms with E-state index < -0.39 is 0 Å². The zero-order chi connectivity index (χ0) is 14.8. The van der Waals surface area contributed by atoms with Crippen LogP contribution >= 0.6 is 11.3 Å². The standard InChI is InChI=1S/C16H19N3OS/c1-12-15(21-11-17-12)16(20)19-9-8-18(2)10-14(19)13-6-4-3-5-7-13/h3-7,11,14H,8-10H2,1-2H3/t14-/m1/s1. The number of carbonyl (C=O) groups excluding carboxylic acids is 1. The van der Waals surface area contributed by atoms with Gasteiger partial charge in [-0.05, 0) is 19.5 Å². The monoisotopic (exact) mass is 301 g/mol. The van der Waals surface area contributed by atoms with Crippen LogP contribution in [0.5, 0.6) is 0 Å². The van der Waals surface area contributed by atoms with Gasteiger partial charge in [-0.1, -0.05) is 30.3 Å². The van der Waals surface area contributed by atoms with Gasteiger partial charge in [-0.15, -0.1) is 11.3 Å². The van der Waals surface area contributed by atoms with E-state index in [4.69, 9.17) is 0 Å². The number of hydrogen-bond acceptors (Lipinski definition) is 4. The summed E-state index contributed by atoms with van der Waals surface area (Å²) in [5.41, 5.74) is 3.77. The van der Waals surface area contributed by atoms with Crippen molar-refractivity contribution in [3.8, 4) is 0 Å². The number of amides is 1. The molecular formula is C16H19N3OS. The molecule has 1 aliphatic rings. The first-order valence-corrected chi connectivity index (χ1v) is 7.99. The maximum absolute atomic E-state index is 12.8. The van der Waals surface area contributed by atoms with Crippen LogP contribution in [0, 0.1) is 6.92 Å². The third-order valence-corrected chi connectivity index (χ3v) is 4.88. The molecule has 0 radical (unpaired) electrons. The Morgan fingerprint density at radius 2 is 2.05 bits per heavy atom. The minimum absolute atomic E-state index is 0.108. The van der Waals surface area contributed by atoms with E-state index in [2.05, 4.69) is 29.1 Å². The second kappa shape index (κ2) is 5.95. The summed E-state index contributed by atoms with van der Waals surface area (Å²) in [6, 6.07) is 10.4. The van der Waals surface area contributed by atoms with Gasteiger partial charge >= 0.3 is 0 Å². The van der Waals surface area contributed by atoms with E-state index in [1.807, 2.05) is 30.0 Å². The Morgan fingerprint density at radius 3 is 2.71 bits per heavy atom. The number of thiazole rings is 1. The summed E-state index contributed by atoms with van der Waals surface area (Å²) >= 11 is 1.43. The molecular weight excluding hydrogens is 282 g/mol. The first kappa shape index (κ1) is 14.2. The van der Waals surface area contributed by atoms with Gasteiger partial charge in [-0.25, -0.2) is 4.98 Å². The molecule has 1 fully saturated rings. The van der Waals surface area contributed by atoms with E-state index in [0.717, 1.165) is 30.2 Å². The molecule has 0 aliphatic carbocycles. The first-order chi connectivity index (χ1) is 10.2. The van der Waals surface area contributed by atoms with Crippen LogP contribution in [-0.2, 0) is 0 Å². The Kier molecular flexibility index (Phi) is 4.03. The molecule has 2 heterocycles. The molecule has 110 valence electrons. The van der Waals surface area contributed by atoms with Crippen LogP contribution in [0.25, 0.3) is 0 Å². The quantitative estimate of drug-likeness (QED) is 0.855. The molecule has 4 nitrogen and oxygen atoms in total. The Hall–Kier alpha value is -1.72. The lowest BCUT2D eigenvalue weighted by molar-refractivity contribution is 0.0502. The van der Waals surface area contributed by atoms with Crippen LogP contribution in [0.3, 0.4) is 0 Å². The van der Waals surface area contributed by atoms with Gasteiger partial charge in [-0.3, -0.25) is 4.79 Å². The molecule has 1 aromatic carbocycles. The van der Waals surface area contributed by atoms with Gasteiger partial charge in [0.2, 0.25) is 0 Å². The predicted octanol–water partition coefficient (Wildman–Crippen LogP) is 2.58. The Labute approximate surface area is 129 Å². The highest BCUT2D eigenvalue weighted by molar-refractivity contribution is 7.11. The number of aryl methyl sites for hydroxylation is 1. The van der Waals surface area contributed by atoms with E-state index in [0.29, 0.717) is 0 Å². The normalized spacial score (nSPS) is 19.7. The van der Waals surface area contributed by atoms with Crippen molar-refractivity contribution in [3.63, 3.8) is 0 Å². The van der Waals surface area contributed by atoms with Gasteiger partial charge in [0.25, 0.3) is 5.91 Å². The summed E-state index contributed by atoms with van der Waals surface area (Å²) in [4.78, 5) is 22.1. The van der Waals surface area contributed by atoms with Crippen LogP contribution in [0.15, 0.2) is 35.8 Å². The van der Waals surface area contributed by atoms with Crippen molar-refractivity contribution in [2.75, 3.05) is 26.7 Å². The number of aromatic nitrogens is 1. The Morgan fingerprint density at radius 1 is 1.29 bits per heavy atom. The maximum atomic E-state index is 12.8. The second-order valence-corrected chi connectivity index (χ2v) is 6.31. The van der Waals surface area contributed by atoms with Crippen molar-refractivity contribution in [2.24, 2.45) is 0 Å². The molecule has 0 unspecified atom stereocenters. The third-order valence-electron chi connectivity index (χ3n) is 3.97. The molecule has 1 saturated heterocycles. The number of likely N-dealkylation sites (N-methyl/N-ethyl adjacent to an activating group) is 1. The number of hydrogen-bond donors (Lipinski definition) is 0. The van der Waals surface area contributed by atoms with Crippen molar-refractivity contribution >= 4 is 17.2 Å². The number of carbonyl (C=O) groups is 1. The van der Waals surface area contributed by atoms with E-state index >= 15 is 0 Å². The summed E-state index contributed by atoms with van der Waals surface area (Å²) in [5, 5.41) is 0. The van der Waals surface area contributed by atoms with Crippen LogP contribution in [0.1, 0.15) is 27.0 Å². The zero-order valence-corrected chi connectivity index (χ0v) is 13.1. The van der Waals surface area contributed by atoms with Gasteiger partial charge in [0.05, 0.1) is 17.2 Å². The molecule has 21 heavy (non-hydrogen) atoms. The lowest BCUT2D eigenvalue weighted by Crippen LogP contribution is -2.49. The number of benzene rings is 1. The third kappa shape index (κ3) is 2.84.